The molecule has 27 heavy (non-hydrogen) atoms. The summed E-state index contributed by atoms with van der Waals surface area (Å²) in [6.45, 7) is 4.43. The van der Waals surface area contributed by atoms with Crippen LogP contribution in [0, 0.1) is 0 Å². The van der Waals surface area contributed by atoms with E-state index in [9.17, 15) is 4.79 Å². The number of aromatic nitrogens is 6. The van der Waals surface area contributed by atoms with Crippen molar-refractivity contribution < 1.29 is 4.79 Å². The number of hydrogen-bond acceptors (Lipinski definition) is 7. The molecule has 0 fully saturated rings. The van der Waals surface area contributed by atoms with Crippen LogP contribution in [0.2, 0.25) is 0 Å². The number of para-hydroxylation sites is 1. The van der Waals surface area contributed by atoms with Crippen LogP contribution in [0.3, 0.4) is 0 Å². The fraction of sp³-hybridized carbons (Fsp3) is 0.111. The summed E-state index contributed by atoms with van der Waals surface area (Å²) < 4.78 is 2.04. The molecule has 134 valence electrons. The summed E-state index contributed by atoms with van der Waals surface area (Å²) in [7, 11) is 0. The maximum atomic E-state index is 12.1. The maximum Gasteiger partial charge on any atom is 0.237 e. The molecular formula is C18H15N7OS. The van der Waals surface area contributed by atoms with Gasteiger partial charge in [-0.05, 0) is 12.1 Å². The SMILES string of the molecule is C=CCn1c2ccccc2c2nnc(SCC(=O)Nc3ncccn3)nc21. The minimum absolute atomic E-state index is 0.132. The van der Waals surface area contributed by atoms with E-state index in [1.54, 1.807) is 18.5 Å². The summed E-state index contributed by atoms with van der Waals surface area (Å²) in [5, 5.41) is 12.5. The average Bonchev–Trinajstić information content (AvgIpc) is 3.01. The molecule has 9 heteroatoms. The standard InChI is InChI=1S/C18H15N7OS/c1-2-10-25-13-7-4-3-6-12(13)15-16(25)22-18(24-23-15)27-11-14(26)21-17-19-8-5-9-20-17/h2-9H,1,10-11H2,(H,19,20,21,26). The molecule has 0 aliphatic carbocycles. The summed E-state index contributed by atoms with van der Waals surface area (Å²) >= 11 is 1.21. The number of carbonyl (C=O) groups excluding carboxylic acids is 1. The first-order valence-corrected chi connectivity index (χ1v) is 9.17. The number of nitrogens with zero attached hydrogens (tertiary/aromatic N) is 6. The quantitative estimate of drug-likeness (QED) is 0.407. The molecule has 0 spiro atoms. The average molecular weight is 377 g/mol. The monoisotopic (exact) mass is 377 g/mol. The fourth-order valence-electron chi connectivity index (χ4n) is 2.72. The third-order valence-corrected chi connectivity index (χ3v) is 4.65. The van der Waals surface area contributed by atoms with Crippen LogP contribution in [0.5, 0.6) is 0 Å². The van der Waals surface area contributed by atoms with Crippen LogP contribution in [0.4, 0.5) is 5.95 Å². The van der Waals surface area contributed by atoms with Crippen molar-refractivity contribution in [3.8, 4) is 0 Å². The van der Waals surface area contributed by atoms with Crippen molar-refractivity contribution in [3.05, 3.63) is 55.4 Å². The van der Waals surface area contributed by atoms with Crippen LogP contribution >= 0.6 is 11.8 Å². The molecular weight excluding hydrogens is 362 g/mol. The third-order valence-electron chi connectivity index (χ3n) is 3.82. The fourth-order valence-corrected chi connectivity index (χ4v) is 3.30. The highest BCUT2D eigenvalue weighted by atomic mass is 32.2. The van der Waals surface area contributed by atoms with Crippen LogP contribution in [0.15, 0.2) is 60.5 Å². The summed E-state index contributed by atoms with van der Waals surface area (Å²) in [6, 6.07) is 9.62. The van der Waals surface area contributed by atoms with Crippen LogP contribution in [-0.4, -0.2) is 41.4 Å². The molecule has 0 aliphatic rings. The number of rotatable bonds is 6. The van der Waals surface area contributed by atoms with Gasteiger partial charge in [0.2, 0.25) is 17.0 Å². The smallest absolute Gasteiger partial charge is 0.237 e. The van der Waals surface area contributed by atoms with Crippen molar-refractivity contribution in [2.24, 2.45) is 0 Å². The van der Waals surface area contributed by atoms with Gasteiger partial charge in [-0.2, -0.15) is 0 Å². The lowest BCUT2D eigenvalue weighted by atomic mass is 10.2. The van der Waals surface area contributed by atoms with Gasteiger partial charge in [0.15, 0.2) is 5.65 Å². The van der Waals surface area contributed by atoms with Gasteiger partial charge in [-0.25, -0.2) is 15.0 Å². The van der Waals surface area contributed by atoms with E-state index in [2.05, 4.69) is 37.0 Å². The molecule has 4 aromatic rings. The lowest BCUT2D eigenvalue weighted by Gasteiger charge is -2.04. The van der Waals surface area contributed by atoms with E-state index in [0.29, 0.717) is 11.7 Å². The predicted octanol–water partition coefficient (Wildman–Crippen LogP) is 2.69. The molecule has 0 bridgehead atoms. The molecule has 0 saturated heterocycles. The molecule has 0 radical (unpaired) electrons. The zero-order valence-corrected chi connectivity index (χ0v) is 15.1. The first-order chi connectivity index (χ1) is 13.3. The Bertz CT molecular complexity index is 1130. The van der Waals surface area contributed by atoms with Crippen molar-refractivity contribution in [1.29, 1.82) is 0 Å². The Hall–Kier alpha value is -3.33. The maximum absolute atomic E-state index is 12.1. The van der Waals surface area contributed by atoms with E-state index in [1.165, 1.54) is 11.8 Å². The minimum Gasteiger partial charge on any atom is -0.320 e. The number of anilines is 1. The highest BCUT2D eigenvalue weighted by molar-refractivity contribution is 7.99. The number of carbonyl (C=O) groups is 1. The molecule has 1 aromatic carbocycles. The van der Waals surface area contributed by atoms with Crippen LogP contribution in [0.25, 0.3) is 22.1 Å². The second-order valence-corrected chi connectivity index (χ2v) is 6.53. The van der Waals surface area contributed by atoms with Crippen molar-refractivity contribution >= 4 is 45.7 Å². The van der Waals surface area contributed by atoms with Crippen molar-refractivity contribution in [2.45, 2.75) is 11.7 Å². The van der Waals surface area contributed by atoms with Gasteiger partial charge in [-0.15, -0.1) is 16.8 Å². The zero-order chi connectivity index (χ0) is 18.6. The Balaban J connectivity index is 1.58. The van der Waals surface area contributed by atoms with Crippen LogP contribution < -0.4 is 5.32 Å². The molecule has 3 heterocycles. The lowest BCUT2D eigenvalue weighted by Crippen LogP contribution is -2.16. The molecule has 0 saturated carbocycles. The van der Waals surface area contributed by atoms with Gasteiger partial charge in [0.1, 0.15) is 5.52 Å². The summed E-state index contributed by atoms with van der Waals surface area (Å²) in [5.41, 5.74) is 2.48. The third kappa shape index (κ3) is 3.49. The molecule has 3 aromatic heterocycles. The molecule has 0 unspecified atom stereocenters. The van der Waals surface area contributed by atoms with Crippen molar-refractivity contribution in [3.63, 3.8) is 0 Å². The van der Waals surface area contributed by atoms with E-state index in [4.69, 9.17) is 0 Å². The van der Waals surface area contributed by atoms with Crippen molar-refractivity contribution in [2.75, 3.05) is 11.1 Å². The van der Waals surface area contributed by atoms with Gasteiger partial charge in [-0.1, -0.05) is 36.0 Å². The molecule has 0 aliphatic heterocycles. The van der Waals surface area contributed by atoms with Crippen molar-refractivity contribution in [1.82, 2.24) is 29.7 Å². The molecule has 1 N–H and O–H groups in total. The number of amides is 1. The Morgan fingerprint density at radius 2 is 2.00 bits per heavy atom. The minimum atomic E-state index is -0.235. The van der Waals surface area contributed by atoms with Gasteiger partial charge in [0.05, 0.1) is 11.3 Å². The van der Waals surface area contributed by atoms with Gasteiger partial charge in [0.25, 0.3) is 0 Å². The van der Waals surface area contributed by atoms with Gasteiger partial charge >= 0.3 is 0 Å². The number of hydrogen-bond donors (Lipinski definition) is 1. The number of benzene rings is 1. The van der Waals surface area contributed by atoms with E-state index >= 15 is 0 Å². The number of allylic oxidation sites excluding steroid dienone is 1. The summed E-state index contributed by atoms with van der Waals surface area (Å²) in [4.78, 5) is 24.6. The first kappa shape index (κ1) is 17.1. The van der Waals surface area contributed by atoms with Crippen LogP contribution in [0.1, 0.15) is 0 Å². The molecule has 4 rings (SSSR count). The first-order valence-electron chi connectivity index (χ1n) is 8.18. The van der Waals surface area contributed by atoms with E-state index in [-0.39, 0.29) is 17.6 Å². The molecule has 1 amide bonds. The second kappa shape index (κ2) is 7.50. The highest BCUT2D eigenvalue weighted by Crippen LogP contribution is 2.27. The van der Waals surface area contributed by atoms with Crippen LogP contribution in [-0.2, 0) is 11.3 Å². The second-order valence-electron chi connectivity index (χ2n) is 5.59. The Morgan fingerprint density at radius 3 is 2.81 bits per heavy atom. The summed E-state index contributed by atoms with van der Waals surface area (Å²) in [5.74, 6) is 0.165. The molecule has 8 nitrogen and oxygen atoms in total. The van der Waals surface area contributed by atoms with E-state index in [1.807, 2.05) is 34.9 Å². The Labute approximate surface area is 158 Å². The van der Waals surface area contributed by atoms with E-state index in [0.717, 1.165) is 22.1 Å². The summed E-state index contributed by atoms with van der Waals surface area (Å²) in [6.07, 6.45) is 4.94. The van der Waals surface area contributed by atoms with E-state index < -0.39 is 0 Å². The van der Waals surface area contributed by atoms with Gasteiger partial charge in [-0.3, -0.25) is 10.1 Å². The zero-order valence-electron chi connectivity index (χ0n) is 14.2. The number of thioether (sulfide) groups is 1. The number of fused-ring (bicyclic) bond motifs is 3. The molecule has 0 atom stereocenters. The normalized spacial score (nSPS) is 11.0. The lowest BCUT2D eigenvalue weighted by molar-refractivity contribution is -0.113. The van der Waals surface area contributed by atoms with Gasteiger partial charge < -0.3 is 4.57 Å². The highest BCUT2D eigenvalue weighted by Gasteiger charge is 2.15. The Kier molecular flexibility index (Phi) is 4.75. The Morgan fingerprint density at radius 1 is 1.19 bits per heavy atom. The predicted molar refractivity (Wildman–Crippen MR) is 104 cm³/mol. The topological polar surface area (TPSA) is 98.5 Å². The number of nitrogens with one attached hydrogen (secondary N) is 1. The largest absolute Gasteiger partial charge is 0.320 e. The van der Waals surface area contributed by atoms with Gasteiger partial charge in [0, 0.05) is 24.3 Å².